The van der Waals surface area contributed by atoms with Crippen LogP contribution in [0, 0.1) is 0 Å². The molecule has 10 heteroatoms. The van der Waals surface area contributed by atoms with Crippen LogP contribution in [0.4, 0.5) is 5.00 Å². The van der Waals surface area contributed by atoms with Crippen molar-refractivity contribution in [1.82, 2.24) is 9.55 Å². The molecule has 0 atom stereocenters. The van der Waals surface area contributed by atoms with Crippen LogP contribution in [0.1, 0.15) is 40.1 Å². The van der Waals surface area contributed by atoms with E-state index in [1.165, 1.54) is 41.5 Å². The molecule has 0 saturated carbocycles. The summed E-state index contributed by atoms with van der Waals surface area (Å²) in [6.07, 6.45) is 6.57. The van der Waals surface area contributed by atoms with Crippen LogP contribution in [0.15, 0.2) is 58.3 Å². The van der Waals surface area contributed by atoms with E-state index < -0.39 is 5.97 Å². The Morgan fingerprint density at radius 1 is 1.21 bits per heavy atom. The Balaban J connectivity index is 1.41. The summed E-state index contributed by atoms with van der Waals surface area (Å²) < 4.78 is 6.59. The van der Waals surface area contributed by atoms with Gasteiger partial charge in [0, 0.05) is 22.4 Å². The molecule has 5 rings (SSSR count). The first-order chi connectivity index (χ1) is 18.5. The topological polar surface area (TPSA) is 90.3 Å². The summed E-state index contributed by atoms with van der Waals surface area (Å²) in [5, 5.41) is 6.43. The summed E-state index contributed by atoms with van der Waals surface area (Å²) in [6.45, 7) is 4.07. The van der Waals surface area contributed by atoms with Gasteiger partial charge in [0.25, 0.3) is 5.56 Å². The van der Waals surface area contributed by atoms with E-state index in [1.54, 1.807) is 10.6 Å². The van der Waals surface area contributed by atoms with Gasteiger partial charge in [-0.1, -0.05) is 54.6 Å². The molecular formula is C28H27N3O4S3. The van der Waals surface area contributed by atoms with Crippen LogP contribution < -0.4 is 10.9 Å². The third-order valence-electron chi connectivity index (χ3n) is 6.45. The number of nitrogens with zero attached hydrogens (tertiary/aromatic N) is 2. The van der Waals surface area contributed by atoms with Gasteiger partial charge in [0.05, 0.1) is 23.8 Å². The Labute approximate surface area is 232 Å². The number of rotatable bonds is 8. The molecule has 1 aliphatic rings. The second-order valence-corrected chi connectivity index (χ2v) is 11.8. The fourth-order valence-electron chi connectivity index (χ4n) is 4.68. The standard InChI is InChI=1S/C28H27N3O4S3/c1-3-14-31-26(33)22-19(17-10-6-4-7-11-17)15-36-24(22)30-28(31)37-16-21(32)29-25-23(27(34)35-2)18-12-8-5-9-13-20(18)38-25/h3-4,6-7,10-11,15H,1,5,8-9,12-14,16H2,2H3,(H,29,32). The van der Waals surface area contributed by atoms with Gasteiger partial charge in [-0.15, -0.1) is 29.3 Å². The zero-order valence-corrected chi connectivity index (χ0v) is 23.4. The number of hydrogen-bond acceptors (Lipinski definition) is 8. The maximum Gasteiger partial charge on any atom is 0.341 e. The number of carbonyl (C=O) groups excluding carboxylic acids is 2. The molecule has 1 aromatic carbocycles. The van der Waals surface area contributed by atoms with Crippen LogP contribution >= 0.6 is 34.4 Å². The average molecular weight is 566 g/mol. The molecule has 38 heavy (non-hydrogen) atoms. The number of aromatic nitrogens is 2. The lowest BCUT2D eigenvalue weighted by Crippen LogP contribution is -2.23. The summed E-state index contributed by atoms with van der Waals surface area (Å²) in [5.41, 5.74) is 3.12. The molecule has 0 aliphatic heterocycles. The average Bonchev–Trinajstić information content (AvgIpc) is 3.42. The highest BCUT2D eigenvalue weighted by Crippen LogP contribution is 2.38. The van der Waals surface area contributed by atoms with E-state index in [0.717, 1.165) is 53.7 Å². The van der Waals surface area contributed by atoms with Gasteiger partial charge in [0.1, 0.15) is 9.83 Å². The number of carbonyl (C=O) groups is 2. The number of thioether (sulfide) groups is 1. The van der Waals surface area contributed by atoms with E-state index in [1.807, 2.05) is 35.7 Å². The van der Waals surface area contributed by atoms with Crippen LogP contribution in [-0.2, 0) is 28.9 Å². The van der Waals surface area contributed by atoms with E-state index in [0.29, 0.717) is 25.9 Å². The first-order valence-electron chi connectivity index (χ1n) is 12.4. The van der Waals surface area contributed by atoms with E-state index in [-0.39, 0.29) is 23.8 Å². The molecule has 1 amide bonds. The first kappa shape index (κ1) is 26.4. The number of methoxy groups -OCH3 is 1. The molecule has 0 spiro atoms. The Morgan fingerprint density at radius 2 is 2.00 bits per heavy atom. The number of thiophene rings is 2. The number of nitrogens with one attached hydrogen (secondary N) is 1. The number of esters is 1. The number of fused-ring (bicyclic) bond motifs is 2. The van der Waals surface area contributed by atoms with Crippen molar-refractivity contribution >= 4 is 61.5 Å². The van der Waals surface area contributed by atoms with Crippen molar-refractivity contribution in [3.05, 3.63) is 74.7 Å². The van der Waals surface area contributed by atoms with Crippen molar-refractivity contribution < 1.29 is 14.3 Å². The SMILES string of the molecule is C=CCn1c(SCC(=O)Nc2sc3c(c2C(=O)OC)CCCCC3)nc2scc(-c3ccccc3)c2c1=O. The summed E-state index contributed by atoms with van der Waals surface area (Å²) in [6, 6.07) is 9.76. The second-order valence-electron chi connectivity index (χ2n) is 8.89. The van der Waals surface area contributed by atoms with Gasteiger partial charge < -0.3 is 10.1 Å². The molecule has 0 fully saturated rings. The van der Waals surface area contributed by atoms with Crippen molar-refractivity contribution in [2.45, 2.75) is 43.8 Å². The molecule has 3 heterocycles. The highest BCUT2D eigenvalue weighted by Gasteiger charge is 2.26. The predicted octanol–water partition coefficient (Wildman–Crippen LogP) is 6.16. The lowest BCUT2D eigenvalue weighted by molar-refractivity contribution is -0.113. The Hall–Kier alpha value is -3.21. The second kappa shape index (κ2) is 11.7. The maximum atomic E-state index is 13.5. The third kappa shape index (κ3) is 5.21. The number of amides is 1. The molecule has 0 unspecified atom stereocenters. The third-order valence-corrected chi connectivity index (χ3v) is 9.51. The van der Waals surface area contributed by atoms with Crippen LogP contribution in [0.5, 0.6) is 0 Å². The molecule has 196 valence electrons. The predicted molar refractivity (Wildman–Crippen MR) is 156 cm³/mol. The van der Waals surface area contributed by atoms with Crippen LogP contribution in [0.2, 0.25) is 0 Å². The number of hydrogen-bond donors (Lipinski definition) is 1. The number of aryl methyl sites for hydroxylation is 1. The van der Waals surface area contributed by atoms with Crippen molar-refractivity contribution in [3.63, 3.8) is 0 Å². The number of ether oxygens (including phenoxy) is 1. The van der Waals surface area contributed by atoms with Gasteiger partial charge in [-0.2, -0.15) is 0 Å². The number of benzene rings is 1. The smallest absolute Gasteiger partial charge is 0.341 e. The van der Waals surface area contributed by atoms with Crippen molar-refractivity contribution in [3.8, 4) is 11.1 Å². The first-order valence-corrected chi connectivity index (χ1v) is 15.0. The van der Waals surface area contributed by atoms with Gasteiger partial charge in [0.2, 0.25) is 5.91 Å². The molecule has 0 bridgehead atoms. The largest absolute Gasteiger partial charge is 0.465 e. The summed E-state index contributed by atoms with van der Waals surface area (Å²) in [5.74, 6) is -0.659. The molecule has 1 N–H and O–H groups in total. The van der Waals surface area contributed by atoms with Crippen LogP contribution in [0.3, 0.4) is 0 Å². The van der Waals surface area contributed by atoms with Gasteiger partial charge in [-0.05, 0) is 36.8 Å². The fraction of sp³-hybridized carbons (Fsp3) is 0.286. The highest BCUT2D eigenvalue weighted by molar-refractivity contribution is 7.99. The molecule has 3 aromatic heterocycles. The molecular weight excluding hydrogens is 539 g/mol. The summed E-state index contributed by atoms with van der Waals surface area (Å²) >= 11 is 4.07. The maximum absolute atomic E-state index is 13.5. The lowest BCUT2D eigenvalue weighted by Gasteiger charge is -2.11. The minimum Gasteiger partial charge on any atom is -0.465 e. The van der Waals surface area contributed by atoms with Gasteiger partial charge >= 0.3 is 5.97 Å². The number of anilines is 1. The molecule has 0 saturated heterocycles. The molecule has 4 aromatic rings. The van der Waals surface area contributed by atoms with E-state index >= 15 is 0 Å². The number of allylic oxidation sites excluding steroid dienone is 1. The van der Waals surface area contributed by atoms with E-state index in [4.69, 9.17) is 9.72 Å². The Bertz CT molecular complexity index is 1570. The summed E-state index contributed by atoms with van der Waals surface area (Å²) in [4.78, 5) is 45.7. The minimum atomic E-state index is -0.425. The fourth-order valence-corrected chi connectivity index (χ4v) is 7.77. The zero-order chi connectivity index (χ0) is 26.6. The Kier molecular flexibility index (Phi) is 8.11. The van der Waals surface area contributed by atoms with Crippen molar-refractivity contribution in [2.75, 3.05) is 18.2 Å². The van der Waals surface area contributed by atoms with Crippen molar-refractivity contribution in [1.29, 1.82) is 0 Å². The van der Waals surface area contributed by atoms with Crippen LogP contribution in [0.25, 0.3) is 21.3 Å². The molecule has 0 radical (unpaired) electrons. The normalized spacial score (nSPS) is 13.1. The zero-order valence-electron chi connectivity index (χ0n) is 21.0. The van der Waals surface area contributed by atoms with Crippen LogP contribution in [-0.4, -0.2) is 34.3 Å². The van der Waals surface area contributed by atoms with Gasteiger partial charge in [0.15, 0.2) is 5.16 Å². The highest BCUT2D eigenvalue weighted by atomic mass is 32.2. The van der Waals surface area contributed by atoms with Gasteiger partial charge in [-0.3, -0.25) is 14.2 Å². The monoisotopic (exact) mass is 565 g/mol. The van der Waals surface area contributed by atoms with Gasteiger partial charge in [-0.25, -0.2) is 9.78 Å². The van der Waals surface area contributed by atoms with Crippen molar-refractivity contribution in [2.24, 2.45) is 0 Å². The molecule has 7 nitrogen and oxygen atoms in total. The van der Waals surface area contributed by atoms with E-state index in [2.05, 4.69) is 11.9 Å². The molecule has 1 aliphatic carbocycles. The quantitative estimate of drug-likeness (QED) is 0.0905. The lowest BCUT2D eigenvalue weighted by atomic mass is 10.1. The minimum absolute atomic E-state index is 0.0369. The van der Waals surface area contributed by atoms with E-state index in [9.17, 15) is 14.4 Å². The Morgan fingerprint density at radius 3 is 2.76 bits per heavy atom. The summed E-state index contributed by atoms with van der Waals surface area (Å²) in [7, 11) is 1.36.